The highest BCUT2D eigenvalue weighted by Crippen LogP contribution is 2.18. The summed E-state index contributed by atoms with van der Waals surface area (Å²) in [6.45, 7) is 6.47. The van der Waals surface area contributed by atoms with Crippen LogP contribution in [0, 0.1) is 0 Å². The maximum absolute atomic E-state index is 5.85. The van der Waals surface area contributed by atoms with Crippen molar-refractivity contribution in [2.45, 2.75) is 37.1 Å². The first kappa shape index (κ1) is 21.4. The summed E-state index contributed by atoms with van der Waals surface area (Å²) in [4.78, 5) is 0. The molecule has 0 aromatic heterocycles. The van der Waals surface area contributed by atoms with Gasteiger partial charge in [0.25, 0.3) is 0 Å². The van der Waals surface area contributed by atoms with Crippen LogP contribution >= 0.6 is 0 Å². The smallest absolute Gasteiger partial charge is 0.159 e. The summed E-state index contributed by atoms with van der Waals surface area (Å²) in [5.41, 5.74) is 0. The fourth-order valence-corrected chi connectivity index (χ4v) is 2.37. The third-order valence-electron chi connectivity index (χ3n) is 4.26. The molecule has 0 N–H and O–H groups in total. The molecule has 3 aliphatic heterocycles. The average Bonchev–Trinajstić information content (AvgIpc) is 3.53. The van der Waals surface area contributed by atoms with E-state index >= 15 is 0 Å². The molecule has 3 rings (SSSR count). The van der Waals surface area contributed by atoms with Crippen molar-refractivity contribution >= 4 is 0 Å². The first-order chi connectivity index (χ1) is 13.3. The van der Waals surface area contributed by atoms with Crippen molar-refractivity contribution in [3.8, 4) is 0 Å². The fraction of sp³-hybridized carbons (Fsp3) is 1.00. The second kappa shape index (κ2) is 12.3. The summed E-state index contributed by atoms with van der Waals surface area (Å²) < 4.78 is 49.0. The van der Waals surface area contributed by atoms with Gasteiger partial charge in [-0.2, -0.15) is 0 Å². The van der Waals surface area contributed by atoms with E-state index in [9.17, 15) is 0 Å². The van der Waals surface area contributed by atoms with Crippen molar-refractivity contribution < 1.29 is 42.6 Å². The molecule has 3 aliphatic rings. The lowest BCUT2D eigenvalue weighted by Gasteiger charge is -2.22. The Balaban J connectivity index is 1.25. The molecule has 0 aromatic rings. The number of methoxy groups -OCH3 is 1. The van der Waals surface area contributed by atoms with Crippen molar-refractivity contribution in [3.05, 3.63) is 0 Å². The molecule has 0 bridgehead atoms. The zero-order chi connectivity index (χ0) is 18.7. The average molecular weight is 392 g/mol. The molecule has 3 saturated heterocycles. The molecule has 0 saturated carbocycles. The van der Waals surface area contributed by atoms with E-state index in [0.29, 0.717) is 52.9 Å². The topological polar surface area (TPSA) is 93.0 Å². The molecule has 0 spiro atoms. The van der Waals surface area contributed by atoms with Crippen molar-refractivity contribution in [1.82, 2.24) is 0 Å². The van der Waals surface area contributed by atoms with Gasteiger partial charge in [-0.3, -0.25) is 0 Å². The lowest BCUT2D eigenvalue weighted by molar-refractivity contribution is -0.163. The third kappa shape index (κ3) is 10.7. The van der Waals surface area contributed by atoms with E-state index in [4.69, 9.17) is 42.6 Å². The first-order valence-corrected chi connectivity index (χ1v) is 9.67. The van der Waals surface area contributed by atoms with E-state index in [1.807, 2.05) is 0 Å². The number of ether oxygens (including phenoxy) is 9. The predicted octanol–water partition coefficient (Wildman–Crippen LogP) is -0.00300. The van der Waals surface area contributed by atoms with Crippen LogP contribution in [0.25, 0.3) is 0 Å². The van der Waals surface area contributed by atoms with Crippen LogP contribution in [0.5, 0.6) is 0 Å². The van der Waals surface area contributed by atoms with Crippen LogP contribution in [-0.2, 0) is 42.6 Å². The lowest BCUT2D eigenvalue weighted by Crippen LogP contribution is -2.31. The molecule has 0 aromatic carbocycles. The summed E-state index contributed by atoms with van der Waals surface area (Å²) >= 11 is 0. The SMILES string of the molecule is COC(CC1CO1)OCC(COCCOCC1CO1)OCCOCC1CO1. The van der Waals surface area contributed by atoms with Crippen LogP contribution in [-0.4, -0.2) is 110 Å². The zero-order valence-electron chi connectivity index (χ0n) is 16.0. The van der Waals surface area contributed by atoms with Gasteiger partial charge in [0.1, 0.15) is 18.3 Å². The van der Waals surface area contributed by atoms with E-state index in [2.05, 4.69) is 0 Å². The number of rotatable bonds is 19. The summed E-state index contributed by atoms with van der Waals surface area (Å²) in [6.07, 6.45) is 1.02. The van der Waals surface area contributed by atoms with Gasteiger partial charge >= 0.3 is 0 Å². The Kier molecular flexibility index (Phi) is 9.69. The molecular formula is C18H32O9. The number of epoxide rings is 3. The molecule has 5 unspecified atom stereocenters. The van der Waals surface area contributed by atoms with E-state index < -0.39 is 0 Å². The van der Waals surface area contributed by atoms with Crippen LogP contribution in [0.2, 0.25) is 0 Å². The van der Waals surface area contributed by atoms with Gasteiger partial charge < -0.3 is 42.6 Å². The van der Waals surface area contributed by atoms with Crippen LogP contribution in [0.15, 0.2) is 0 Å². The molecule has 0 radical (unpaired) electrons. The highest BCUT2D eigenvalue weighted by atomic mass is 16.7. The minimum Gasteiger partial charge on any atom is -0.376 e. The molecular weight excluding hydrogens is 360 g/mol. The Morgan fingerprint density at radius 3 is 1.93 bits per heavy atom. The van der Waals surface area contributed by atoms with Gasteiger partial charge in [-0.25, -0.2) is 0 Å². The second-order valence-corrected chi connectivity index (χ2v) is 6.82. The van der Waals surface area contributed by atoms with E-state index in [1.54, 1.807) is 7.11 Å². The summed E-state index contributed by atoms with van der Waals surface area (Å²) in [6, 6.07) is 0. The first-order valence-electron chi connectivity index (χ1n) is 9.67. The lowest BCUT2D eigenvalue weighted by atomic mass is 10.3. The molecule has 158 valence electrons. The van der Waals surface area contributed by atoms with Gasteiger partial charge in [-0.15, -0.1) is 0 Å². The van der Waals surface area contributed by atoms with Gasteiger partial charge in [0.05, 0.1) is 78.8 Å². The summed E-state index contributed by atoms with van der Waals surface area (Å²) in [5, 5.41) is 0. The van der Waals surface area contributed by atoms with E-state index in [-0.39, 0.29) is 30.7 Å². The zero-order valence-corrected chi connectivity index (χ0v) is 16.0. The quantitative estimate of drug-likeness (QED) is 0.171. The van der Waals surface area contributed by atoms with Gasteiger partial charge in [-0.1, -0.05) is 0 Å². The predicted molar refractivity (Wildman–Crippen MR) is 92.8 cm³/mol. The largest absolute Gasteiger partial charge is 0.376 e. The van der Waals surface area contributed by atoms with E-state index in [1.165, 1.54) is 0 Å². The molecule has 9 heteroatoms. The Bertz CT molecular complexity index is 385. The van der Waals surface area contributed by atoms with Crippen LogP contribution in [0.4, 0.5) is 0 Å². The van der Waals surface area contributed by atoms with Crippen molar-refractivity contribution in [3.63, 3.8) is 0 Å². The van der Waals surface area contributed by atoms with Crippen LogP contribution < -0.4 is 0 Å². The van der Waals surface area contributed by atoms with Gasteiger partial charge in [0, 0.05) is 13.5 Å². The van der Waals surface area contributed by atoms with Gasteiger partial charge in [-0.05, 0) is 0 Å². The fourth-order valence-electron chi connectivity index (χ4n) is 2.37. The highest BCUT2D eigenvalue weighted by molar-refractivity contribution is 4.71. The summed E-state index contributed by atoms with van der Waals surface area (Å²) in [7, 11) is 1.63. The Morgan fingerprint density at radius 2 is 1.33 bits per heavy atom. The number of hydrogen-bond acceptors (Lipinski definition) is 9. The molecule has 27 heavy (non-hydrogen) atoms. The normalized spacial score (nSPS) is 28.1. The molecule has 3 fully saturated rings. The minimum atomic E-state index is -0.297. The maximum Gasteiger partial charge on any atom is 0.159 e. The Hall–Kier alpha value is -0.360. The van der Waals surface area contributed by atoms with Gasteiger partial charge in [0.2, 0.25) is 0 Å². The highest BCUT2D eigenvalue weighted by Gasteiger charge is 2.28. The maximum atomic E-state index is 5.85. The monoisotopic (exact) mass is 392 g/mol. The standard InChI is InChI=1S/C18H32O9/c1-19-18(6-14-10-24-14)27-13-15(23-5-4-22-9-17-12-26-17)7-20-2-3-21-8-16-11-25-16/h14-18H,2-13H2,1H3. The van der Waals surface area contributed by atoms with Crippen LogP contribution in [0.3, 0.4) is 0 Å². The number of hydrogen-bond donors (Lipinski definition) is 0. The molecule has 3 heterocycles. The van der Waals surface area contributed by atoms with Gasteiger partial charge in [0.15, 0.2) is 6.29 Å². The molecule has 0 amide bonds. The molecule has 0 aliphatic carbocycles. The van der Waals surface area contributed by atoms with Crippen molar-refractivity contribution in [2.24, 2.45) is 0 Å². The molecule has 9 nitrogen and oxygen atoms in total. The molecule has 5 atom stereocenters. The van der Waals surface area contributed by atoms with E-state index in [0.717, 1.165) is 26.2 Å². The van der Waals surface area contributed by atoms with Crippen LogP contribution in [0.1, 0.15) is 6.42 Å². The summed E-state index contributed by atoms with van der Waals surface area (Å²) in [5.74, 6) is 0. The minimum absolute atomic E-state index is 0.199. The third-order valence-corrected chi connectivity index (χ3v) is 4.26. The van der Waals surface area contributed by atoms with Crippen molar-refractivity contribution in [1.29, 1.82) is 0 Å². The Morgan fingerprint density at radius 1 is 0.741 bits per heavy atom. The Labute approximate surface area is 160 Å². The van der Waals surface area contributed by atoms with Crippen molar-refractivity contribution in [2.75, 3.05) is 79.8 Å². The second-order valence-electron chi connectivity index (χ2n) is 6.82.